The Morgan fingerprint density at radius 2 is 1.56 bits per heavy atom. The Hall–Kier alpha value is -1.56. The summed E-state index contributed by atoms with van der Waals surface area (Å²) < 4.78 is 0. The number of urea groups is 1. The van der Waals surface area contributed by atoms with Gasteiger partial charge in [-0.3, -0.25) is 10.3 Å². The quantitative estimate of drug-likeness (QED) is 0.163. The number of rotatable bonds is 16. The lowest BCUT2D eigenvalue weighted by Crippen LogP contribution is -2.43. The molecule has 4 N–H and O–H groups in total. The van der Waals surface area contributed by atoms with Crippen LogP contribution >= 0.6 is 0 Å². The number of unbranched alkanes of at least 4 members (excludes halogenated alkanes) is 4. The van der Waals surface area contributed by atoms with Crippen molar-refractivity contribution in [3.05, 3.63) is 12.2 Å². The van der Waals surface area contributed by atoms with Crippen molar-refractivity contribution in [2.75, 3.05) is 32.7 Å². The van der Waals surface area contributed by atoms with Gasteiger partial charge in [0, 0.05) is 13.1 Å². The number of guanidine groups is 1. The summed E-state index contributed by atoms with van der Waals surface area (Å²) >= 11 is 0. The molecule has 6 heteroatoms. The van der Waals surface area contributed by atoms with Gasteiger partial charge in [-0.1, -0.05) is 52.2 Å². The summed E-state index contributed by atoms with van der Waals surface area (Å²) in [4.78, 5) is 18.5. The predicted molar refractivity (Wildman–Crippen MR) is 117 cm³/mol. The van der Waals surface area contributed by atoms with Crippen molar-refractivity contribution in [2.45, 2.75) is 78.6 Å². The number of allylic oxidation sites excluding steroid dienone is 2. The second kappa shape index (κ2) is 19.2. The maximum atomic E-state index is 11.8. The average molecular weight is 382 g/mol. The average Bonchev–Trinajstić information content (AvgIpc) is 2.65. The van der Waals surface area contributed by atoms with E-state index in [4.69, 9.17) is 5.73 Å². The lowest BCUT2D eigenvalue weighted by atomic mass is 10.2. The van der Waals surface area contributed by atoms with Crippen LogP contribution < -0.4 is 16.4 Å². The first-order valence-electron chi connectivity index (χ1n) is 10.9. The summed E-state index contributed by atoms with van der Waals surface area (Å²) in [6.07, 6.45) is 14.5. The van der Waals surface area contributed by atoms with Crippen LogP contribution in [-0.2, 0) is 0 Å². The zero-order chi connectivity index (χ0) is 20.2. The number of aliphatic imine (C=N–C) groups is 1. The molecule has 0 aromatic heterocycles. The molecule has 0 fully saturated rings. The van der Waals surface area contributed by atoms with Crippen molar-refractivity contribution < 1.29 is 4.79 Å². The highest BCUT2D eigenvalue weighted by atomic mass is 16.2. The Bertz CT molecular complexity index is 401. The van der Waals surface area contributed by atoms with E-state index in [1.807, 2.05) is 0 Å². The SMILES string of the molecule is CCCC=CCCCNC(=O)NC(N)=NCCCN(CCCC)CCCC. The number of nitrogens with zero attached hydrogens (tertiary/aromatic N) is 2. The first-order valence-corrected chi connectivity index (χ1v) is 10.9. The second-order valence-corrected chi connectivity index (χ2v) is 6.95. The molecule has 0 rings (SSSR count). The molecule has 0 aliphatic heterocycles. The Labute approximate surface area is 167 Å². The van der Waals surface area contributed by atoms with Crippen molar-refractivity contribution in [1.29, 1.82) is 0 Å². The van der Waals surface area contributed by atoms with Crippen LogP contribution in [0.5, 0.6) is 0 Å². The number of carbonyl (C=O) groups excluding carboxylic acids is 1. The second-order valence-electron chi connectivity index (χ2n) is 6.95. The summed E-state index contributed by atoms with van der Waals surface area (Å²) in [5, 5.41) is 5.40. The Kier molecular flexibility index (Phi) is 18.1. The van der Waals surface area contributed by atoms with Crippen molar-refractivity contribution in [1.82, 2.24) is 15.5 Å². The van der Waals surface area contributed by atoms with Gasteiger partial charge in [-0.05, 0) is 58.2 Å². The van der Waals surface area contributed by atoms with Gasteiger partial charge in [0.15, 0.2) is 5.96 Å². The van der Waals surface area contributed by atoms with Crippen molar-refractivity contribution >= 4 is 12.0 Å². The Morgan fingerprint density at radius 3 is 2.19 bits per heavy atom. The minimum atomic E-state index is -0.277. The van der Waals surface area contributed by atoms with Crippen LogP contribution in [0.25, 0.3) is 0 Å². The minimum Gasteiger partial charge on any atom is -0.370 e. The first-order chi connectivity index (χ1) is 13.1. The fraction of sp³-hybridized carbons (Fsp3) is 0.810. The van der Waals surface area contributed by atoms with Crippen LogP contribution in [0, 0.1) is 0 Å². The zero-order valence-electron chi connectivity index (χ0n) is 17.9. The lowest BCUT2D eigenvalue weighted by molar-refractivity contribution is 0.245. The standard InChI is InChI=1S/C21H43N5O/c1-4-7-10-11-12-13-15-24-21(27)25-20(22)23-16-14-19-26(17-8-5-2)18-9-6-3/h10-11H,4-9,12-19H2,1-3H3,(H4,22,23,24,25,27). The van der Waals surface area contributed by atoms with E-state index in [-0.39, 0.29) is 12.0 Å². The van der Waals surface area contributed by atoms with Crippen LogP contribution in [0.1, 0.15) is 78.6 Å². The van der Waals surface area contributed by atoms with Gasteiger partial charge >= 0.3 is 6.03 Å². The molecular weight excluding hydrogens is 338 g/mol. The highest BCUT2D eigenvalue weighted by Gasteiger charge is 2.04. The van der Waals surface area contributed by atoms with Gasteiger partial charge in [-0.15, -0.1) is 0 Å². The van der Waals surface area contributed by atoms with Crippen molar-refractivity contribution in [3.8, 4) is 0 Å². The molecule has 0 radical (unpaired) electrons. The topological polar surface area (TPSA) is 82.8 Å². The number of carbonyl (C=O) groups is 1. The summed E-state index contributed by atoms with van der Waals surface area (Å²) in [7, 11) is 0. The minimum absolute atomic E-state index is 0.198. The third kappa shape index (κ3) is 17.6. The molecule has 0 saturated heterocycles. The Morgan fingerprint density at radius 1 is 0.926 bits per heavy atom. The van der Waals surface area contributed by atoms with Gasteiger partial charge in [-0.25, -0.2) is 4.79 Å². The fourth-order valence-corrected chi connectivity index (χ4v) is 2.62. The van der Waals surface area contributed by atoms with E-state index in [1.54, 1.807) is 0 Å². The maximum Gasteiger partial charge on any atom is 0.321 e. The maximum absolute atomic E-state index is 11.8. The number of hydrogen-bond acceptors (Lipinski definition) is 3. The van der Waals surface area contributed by atoms with Crippen LogP contribution in [-0.4, -0.2) is 49.6 Å². The van der Waals surface area contributed by atoms with Crippen molar-refractivity contribution in [2.24, 2.45) is 10.7 Å². The number of amides is 2. The highest BCUT2D eigenvalue weighted by Crippen LogP contribution is 2.00. The van der Waals surface area contributed by atoms with E-state index in [1.165, 1.54) is 32.1 Å². The molecule has 0 aliphatic rings. The van der Waals surface area contributed by atoms with E-state index in [0.29, 0.717) is 13.1 Å². The van der Waals surface area contributed by atoms with Gasteiger partial charge in [0.05, 0.1) is 0 Å². The molecule has 0 heterocycles. The lowest BCUT2D eigenvalue weighted by Gasteiger charge is -2.21. The number of nitrogens with two attached hydrogens (primary N) is 1. The molecule has 27 heavy (non-hydrogen) atoms. The molecule has 0 aromatic carbocycles. The van der Waals surface area contributed by atoms with E-state index in [9.17, 15) is 4.79 Å². The molecule has 0 atom stereocenters. The summed E-state index contributed by atoms with van der Waals surface area (Å²) in [5.41, 5.74) is 5.79. The summed E-state index contributed by atoms with van der Waals surface area (Å²) in [6.45, 7) is 11.2. The molecular formula is C21H43N5O. The van der Waals surface area contributed by atoms with E-state index < -0.39 is 0 Å². The van der Waals surface area contributed by atoms with E-state index in [2.05, 4.69) is 53.4 Å². The molecule has 2 amide bonds. The third-order valence-corrected chi connectivity index (χ3v) is 4.27. The van der Waals surface area contributed by atoms with E-state index in [0.717, 1.165) is 45.3 Å². The van der Waals surface area contributed by atoms with Gasteiger partial charge in [0.2, 0.25) is 0 Å². The summed E-state index contributed by atoms with van der Waals surface area (Å²) in [5.74, 6) is 0.198. The van der Waals surface area contributed by atoms with Crippen LogP contribution in [0.2, 0.25) is 0 Å². The smallest absolute Gasteiger partial charge is 0.321 e. The van der Waals surface area contributed by atoms with Gasteiger partial charge in [-0.2, -0.15) is 0 Å². The predicted octanol–water partition coefficient (Wildman–Crippen LogP) is 4.03. The molecule has 6 nitrogen and oxygen atoms in total. The number of hydrogen-bond donors (Lipinski definition) is 3. The molecule has 0 unspecified atom stereocenters. The fourth-order valence-electron chi connectivity index (χ4n) is 2.62. The van der Waals surface area contributed by atoms with Crippen LogP contribution in [0.3, 0.4) is 0 Å². The van der Waals surface area contributed by atoms with Crippen LogP contribution in [0.4, 0.5) is 4.79 Å². The molecule has 0 saturated carbocycles. The van der Waals surface area contributed by atoms with Gasteiger partial charge in [0.1, 0.15) is 0 Å². The van der Waals surface area contributed by atoms with E-state index >= 15 is 0 Å². The molecule has 0 spiro atoms. The summed E-state index contributed by atoms with van der Waals surface area (Å²) in [6, 6.07) is -0.277. The molecule has 0 aromatic rings. The third-order valence-electron chi connectivity index (χ3n) is 4.27. The Balaban J connectivity index is 3.87. The van der Waals surface area contributed by atoms with Crippen LogP contribution in [0.15, 0.2) is 17.1 Å². The van der Waals surface area contributed by atoms with Gasteiger partial charge in [0.25, 0.3) is 0 Å². The van der Waals surface area contributed by atoms with Crippen molar-refractivity contribution in [3.63, 3.8) is 0 Å². The molecule has 0 bridgehead atoms. The molecule has 0 aliphatic carbocycles. The largest absolute Gasteiger partial charge is 0.370 e. The molecule has 158 valence electrons. The first kappa shape index (κ1) is 25.4. The zero-order valence-corrected chi connectivity index (χ0v) is 17.9. The van der Waals surface area contributed by atoms with Gasteiger partial charge < -0.3 is 16.0 Å². The monoisotopic (exact) mass is 381 g/mol. The number of nitrogens with one attached hydrogen (secondary N) is 2. The normalized spacial score (nSPS) is 12.1. The highest BCUT2D eigenvalue weighted by molar-refractivity contribution is 5.95.